The molecule has 1 aliphatic carbocycles. The number of ether oxygens (including phenoxy) is 2. The molecule has 2 aromatic rings. The van der Waals surface area contributed by atoms with Crippen LogP contribution in [0, 0.1) is 0 Å². The summed E-state index contributed by atoms with van der Waals surface area (Å²) < 4.78 is 12.0. The van der Waals surface area contributed by atoms with Gasteiger partial charge in [0, 0.05) is 61.8 Å². The summed E-state index contributed by atoms with van der Waals surface area (Å²) in [4.78, 5) is 35.5. The number of halogens is 1. The van der Waals surface area contributed by atoms with Crippen LogP contribution >= 0.6 is 11.6 Å². The van der Waals surface area contributed by atoms with Gasteiger partial charge in [-0.15, -0.1) is 0 Å². The summed E-state index contributed by atoms with van der Waals surface area (Å²) in [6.45, 7) is 1.14. The van der Waals surface area contributed by atoms with Crippen LogP contribution in [0.4, 0.5) is 0 Å². The fraction of sp³-hybridized carbons (Fsp3) is 0.364. The molecule has 4 heterocycles. The molecule has 6 rings (SSSR count). The molecular weight excluding hydrogens is 406 g/mol. The average molecular weight is 424 g/mol. The predicted molar refractivity (Wildman–Crippen MR) is 107 cm³/mol. The lowest BCUT2D eigenvalue weighted by Gasteiger charge is -2.39. The van der Waals surface area contributed by atoms with Gasteiger partial charge in [0.1, 0.15) is 5.60 Å². The number of pyridine rings is 1. The number of piperidine rings is 1. The standard InChI is InChI=1S/C22H18ClN3O4/c23-15-2-1-13-10-22(11-14(13)9-15)19(28)25-20(30-22)26-7-4-21(5-8-26)17-12-24-6-3-16(17)18(27)29-21/h1-3,6,9,12H,4-5,7-8,10-11H2. The zero-order chi connectivity index (χ0) is 20.5. The topological polar surface area (TPSA) is 81.1 Å². The molecule has 1 aromatic heterocycles. The molecule has 0 radical (unpaired) electrons. The first-order chi connectivity index (χ1) is 14.5. The van der Waals surface area contributed by atoms with Crippen LogP contribution in [0.25, 0.3) is 0 Å². The number of nitrogens with zero attached hydrogens (tertiary/aromatic N) is 3. The second-order valence-corrected chi connectivity index (χ2v) is 8.79. The molecule has 1 saturated heterocycles. The Morgan fingerprint density at radius 2 is 1.80 bits per heavy atom. The van der Waals surface area contributed by atoms with Gasteiger partial charge in [-0.05, 0) is 29.3 Å². The first-order valence-electron chi connectivity index (χ1n) is 10.0. The van der Waals surface area contributed by atoms with Gasteiger partial charge in [0.2, 0.25) is 5.60 Å². The van der Waals surface area contributed by atoms with Gasteiger partial charge in [-0.25, -0.2) is 4.79 Å². The number of aromatic nitrogens is 1. The van der Waals surface area contributed by atoms with Crippen LogP contribution in [-0.2, 0) is 32.7 Å². The Morgan fingerprint density at radius 3 is 2.63 bits per heavy atom. The smallest absolute Gasteiger partial charge is 0.339 e. The van der Waals surface area contributed by atoms with Crippen molar-refractivity contribution in [2.45, 2.75) is 36.9 Å². The molecule has 0 N–H and O–H groups in total. The molecule has 1 amide bonds. The van der Waals surface area contributed by atoms with Crippen molar-refractivity contribution in [2.75, 3.05) is 13.1 Å². The van der Waals surface area contributed by atoms with Gasteiger partial charge in [0.15, 0.2) is 0 Å². The van der Waals surface area contributed by atoms with Gasteiger partial charge in [-0.3, -0.25) is 9.78 Å². The van der Waals surface area contributed by atoms with E-state index in [2.05, 4.69) is 9.98 Å². The normalized spacial score (nSPS) is 25.9. The van der Waals surface area contributed by atoms with Gasteiger partial charge >= 0.3 is 5.97 Å². The van der Waals surface area contributed by atoms with E-state index in [0.717, 1.165) is 16.7 Å². The van der Waals surface area contributed by atoms with E-state index < -0.39 is 11.2 Å². The Morgan fingerprint density at radius 1 is 1.00 bits per heavy atom. The average Bonchev–Trinajstić information content (AvgIpc) is 3.35. The molecule has 2 spiro atoms. The van der Waals surface area contributed by atoms with Crippen LogP contribution < -0.4 is 0 Å². The van der Waals surface area contributed by atoms with Crippen molar-refractivity contribution in [3.05, 3.63) is 63.9 Å². The molecule has 7 nitrogen and oxygen atoms in total. The number of rotatable bonds is 0. The van der Waals surface area contributed by atoms with Gasteiger partial charge in [0.25, 0.3) is 11.9 Å². The third-order valence-corrected chi connectivity index (χ3v) is 6.89. The van der Waals surface area contributed by atoms with Crippen LogP contribution in [0.2, 0.25) is 5.02 Å². The molecule has 1 fully saturated rings. The summed E-state index contributed by atoms with van der Waals surface area (Å²) in [6, 6.07) is 7.75. The fourth-order valence-corrected chi connectivity index (χ4v) is 5.25. The number of likely N-dealkylation sites (tertiary alicyclic amines) is 1. The van der Waals surface area contributed by atoms with Crippen molar-refractivity contribution >= 4 is 29.5 Å². The highest BCUT2D eigenvalue weighted by atomic mass is 35.5. The lowest BCUT2D eigenvalue weighted by molar-refractivity contribution is -0.130. The van der Waals surface area contributed by atoms with Crippen molar-refractivity contribution in [3.63, 3.8) is 0 Å². The quantitative estimate of drug-likeness (QED) is 0.606. The number of benzene rings is 1. The highest BCUT2D eigenvalue weighted by Crippen LogP contribution is 2.45. The van der Waals surface area contributed by atoms with Crippen LogP contribution in [0.3, 0.4) is 0 Å². The van der Waals surface area contributed by atoms with E-state index >= 15 is 0 Å². The number of hydrogen-bond donors (Lipinski definition) is 0. The third kappa shape index (κ3) is 2.45. The van der Waals surface area contributed by atoms with Crippen LogP contribution in [0.15, 0.2) is 41.7 Å². The van der Waals surface area contributed by atoms with Crippen molar-refractivity contribution in [3.8, 4) is 0 Å². The number of carbonyl (C=O) groups is 2. The number of esters is 1. The van der Waals surface area contributed by atoms with Crippen LogP contribution in [-0.4, -0.2) is 46.5 Å². The van der Waals surface area contributed by atoms with E-state index in [1.165, 1.54) is 0 Å². The van der Waals surface area contributed by atoms with E-state index in [-0.39, 0.29) is 11.9 Å². The van der Waals surface area contributed by atoms with Gasteiger partial charge < -0.3 is 14.4 Å². The molecule has 8 heteroatoms. The minimum Gasteiger partial charge on any atom is -0.450 e. The summed E-state index contributed by atoms with van der Waals surface area (Å²) in [7, 11) is 0. The molecular formula is C22H18ClN3O4. The summed E-state index contributed by atoms with van der Waals surface area (Å²) >= 11 is 6.11. The second kappa shape index (κ2) is 6.04. The highest BCUT2D eigenvalue weighted by Gasteiger charge is 2.53. The van der Waals surface area contributed by atoms with Crippen molar-refractivity contribution in [2.24, 2.45) is 4.99 Å². The Hall–Kier alpha value is -2.93. The SMILES string of the molecule is O=C1OC2(CCN(C3=NC(=O)C4(Cc5ccc(Cl)cc5C4)O3)CC2)c2cnccc21. The zero-order valence-electron chi connectivity index (χ0n) is 16.1. The minimum atomic E-state index is -0.964. The van der Waals surface area contributed by atoms with Gasteiger partial charge in [-0.1, -0.05) is 17.7 Å². The molecule has 1 atom stereocenters. The van der Waals surface area contributed by atoms with Gasteiger partial charge in [-0.2, -0.15) is 4.99 Å². The number of aliphatic imine (C=N–C) groups is 1. The summed E-state index contributed by atoms with van der Waals surface area (Å²) in [5.74, 6) is -0.543. The van der Waals surface area contributed by atoms with Gasteiger partial charge in [0.05, 0.1) is 5.56 Å². The van der Waals surface area contributed by atoms with Crippen LogP contribution in [0.5, 0.6) is 0 Å². The maximum Gasteiger partial charge on any atom is 0.339 e. The lowest BCUT2D eigenvalue weighted by Crippen LogP contribution is -2.47. The Labute approximate surface area is 177 Å². The number of amides is 1. The summed E-state index contributed by atoms with van der Waals surface area (Å²) in [5, 5.41) is 0.652. The molecule has 1 unspecified atom stereocenters. The third-order valence-electron chi connectivity index (χ3n) is 6.66. The van der Waals surface area contributed by atoms with E-state index in [9.17, 15) is 9.59 Å². The zero-order valence-corrected chi connectivity index (χ0v) is 16.8. The summed E-state index contributed by atoms with van der Waals surface area (Å²) in [5.41, 5.74) is 1.92. The van der Waals surface area contributed by atoms with E-state index in [1.54, 1.807) is 18.5 Å². The van der Waals surface area contributed by atoms with E-state index in [4.69, 9.17) is 21.1 Å². The first kappa shape index (κ1) is 17.9. The van der Waals surface area contributed by atoms with Crippen LogP contribution in [0.1, 0.15) is 39.9 Å². The van der Waals surface area contributed by atoms with E-state index in [0.29, 0.717) is 55.4 Å². The Bertz CT molecular complexity index is 1140. The number of amidine groups is 1. The molecule has 1 aromatic carbocycles. The highest BCUT2D eigenvalue weighted by molar-refractivity contribution is 6.30. The summed E-state index contributed by atoms with van der Waals surface area (Å²) in [6.07, 6.45) is 5.49. The number of fused-ring (bicyclic) bond motifs is 3. The number of hydrogen-bond acceptors (Lipinski definition) is 6. The Kier molecular flexibility index (Phi) is 3.60. The fourth-order valence-electron chi connectivity index (χ4n) is 5.05. The minimum absolute atomic E-state index is 0.244. The molecule has 152 valence electrons. The van der Waals surface area contributed by atoms with Crippen molar-refractivity contribution in [1.82, 2.24) is 9.88 Å². The molecule has 0 bridgehead atoms. The maximum absolute atomic E-state index is 12.8. The second-order valence-electron chi connectivity index (χ2n) is 8.35. The Balaban J connectivity index is 1.20. The molecule has 0 saturated carbocycles. The lowest BCUT2D eigenvalue weighted by atomic mass is 9.85. The number of carbonyl (C=O) groups excluding carboxylic acids is 2. The predicted octanol–water partition coefficient (Wildman–Crippen LogP) is 2.65. The first-order valence-corrected chi connectivity index (χ1v) is 10.4. The molecule has 30 heavy (non-hydrogen) atoms. The van der Waals surface area contributed by atoms with Crippen molar-refractivity contribution < 1.29 is 19.1 Å². The molecule has 4 aliphatic rings. The van der Waals surface area contributed by atoms with Crippen molar-refractivity contribution in [1.29, 1.82) is 0 Å². The maximum atomic E-state index is 12.8. The monoisotopic (exact) mass is 423 g/mol. The largest absolute Gasteiger partial charge is 0.450 e. The van der Waals surface area contributed by atoms with E-state index in [1.807, 2.05) is 23.1 Å². The molecule has 3 aliphatic heterocycles.